The van der Waals surface area contributed by atoms with Crippen LogP contribution in [0.4, 0.5) is 8.78 Å². The van der Waals surface area contributed by atoms with E-state index in [0.29, 0.717) is 24.0 Å². The van der Waals surface area contributed by atoms with Crippen LogP contribution in [0.5, 0.6) is 0 Å². The molecule has 1 heterocycles. The molecule has 0 aromatic heterocycles. The third-order valence-corrected chi connectivity index (χ3v) is 6.67. The van der Waals surface area contributed by atoms with Crippen molar-refractivity contribution in [1.29, 1.82) is 0 Å². The van der Waals surface area contributed by atoms with Gasteiger partial charge in [-0.3, -0.25) is 0 Å². The SMILES string of the molecule is COC1CCC(c2ccc(C3CC(C)(C)N(O)C(C)(C)C3)c(F)c2F)CC1. The van der Waals surface area contributed by atoms with Gasteiger partial charge in [-0.05, 0) is 89.2 Å². The zero-order valence-electron chi connectivity index (χ0n) is 17.2. The highest BCUT2D eigenvalue weighted by atomic mass is 19.2. The van der Waals surface area contributed by atoms with Gasteiger partial charge in [0.1, 0.15) is 0 Å². The fourth-order valence-electron chi connectivity index (χ4n) is 5.31. The summed E-state index contributed by atoms with van der Waals surface area (Å²) in [6.45, 7) is 7.77. The Morgan fingerprint density at radius 1 is 0.889 bits per heavy atom. The number of nitrogens with zero attached hydrogens (tertiary/aromatic N) is 1. The highest BCUT2D eigenvalue weighted by Crippen LogP contribution is 2.46. The molecule has 27 heavy (non-hydrogen) atoms. The summed E-state index contributed by atoms with van der Waals surface area (Å²) in [5, 5.41) is 11.8. The Bertz CT molecular complexity index is 663. The fourth-order valence-corrected chi connectivity index (χ4v) is 5.31. The molecule has 0 amide bonds. The largest absolute Gasteiger partial charge is 0.381 e. The van der Waals surface area contributed by atoms with Crippen LogP contribution in [-0.2, 0) is 4.74 Å². The van der Waals surface area contributed by atoms with Crippen LogP contribution in [-0.4, -0.2) is 34.6 Å². The molecule has 3 rings (SSSR count). The number of halogens is 2. The van der Waals surface area contributed by atoms with Crippen LogP contribution >= 0.6 is 0 Å². The molecule has 0 unspecified atom stereocenters. The van der Waals surface area contributed by atoms with Crippen molar-refractivity contribution in [2.75, 3.05) is 7.11 Å². The molecule has 1 aromatic rings. The van der Waals surface area contributed by atoms with Gasteiger partial charge < -0.3 is 9.94 Å². The van der Waals surface area contributed by atoms with Gasteiger partial charge in [-0.25, -0.2) is 8.78 Å². The summed E-state index contributed by atoms with van der Waals surface area (Å²) in [5.74, 6) is -1.45. The molecule has 152 valence electrons. The maximum Gasteiger partial charge on any atom is 0.162 e. The van der Waals surface area contributed by atoms with Crippen molar-refractivity contribution in [3.63, 3.8) is 0 Å². The lowest BCUT2D eigenvalue weighted by Crippen LogP contribution is -2.58. The van der Waals surface area contributed by atoms with Crippen LogP contribution in [0.25, 0.3) is 0 Å². The molecule has 1 N–H and O–H groups in total. The topological polar surface area (TPSA) is 32.7 Å². The molecule has 1 saturated carbocycles. The lowest BCUT2D eigenvalue weighted by molar-refractivity contribution is -0.245. The van der Waals surface area contributed by atoms with Crippen LogP contribution in [0.3, 0.4) is 0 Å². The number of hydrogen-bond donors (Lipinski definition) is 1. The summed E-state index contributed by atoms with van der Waals surface area (Å²) < 4.78 is 35.4. The Hall–Kier alpha value is -1.04. The predicted octanol–water partition coefficient (Wildman–Crippen LogP) is 5.76. The molecule has 1 saturated heterocycles. The van der Waals surface area contributed by atoms with E-state index >= 15 is 4.39 Å². The average molecular weight is 382 g/mol. The molecule has 1 aromatic carbocycles. The Kier molecular flexibility index (Phi) is 5.68. The lowest BCUT2D eigenvalue weighted by Gasteiger charge is -2.51. The van der Waals surface area contributed by atoms with Crippen molar-refractivity contribution < 1.29 is 18.7 Å². The van der Waals surface area contributed by atoms with E-state index < -0.39 is 22.7 Å². The minimum Gasteiger partial charge on any atom is -0.381 e. The molecular formula is C22H33F2NO2. The van der Waals surface area contributed by atoms with Crippen molar-refractivity contribution in [2.45, 2.75) is 95.2 Å². The van der Waals surface area contributed by atoms with Gasteiger partial charge in [-0.2, -0.15) is 5.06 Å². The first-order chi connectivity index (χ1) is 12.6. The van der Waals surface area contributed by atoms with Crippen LogP contribution in [0.2, 0.25) is 0 Å². The summed E-state index contributed by atoms with van der Waals surface area (Å²) in [6, 6.07) is 3.57. The fraction of sp³-hybridized carbons (Fsp3) is 0.727. The number of hydrogen-bond acceptors (Lipinski definition) is 3. The molecule has 3 nitrogen and oxygen atoms in total. The second-order valence-electron chi connectivity index (χ2n) is 9.62. The molecule has 0 atom stereocenters. The summed E-state index contributed by atoms with van der Waals surface area (Å²) >= 11 is 0. The third kappa shape index (κ3) is 3.92. The first kappa shape index (κ1) is 20.7. The zero-order valence-corrected chi connectivity index (χ0v) is 17.2. The zero-order chi connectivity index (χ0) is 20.0. The smallest absolute Gasteiger partial charge is 0.162 e. The van der Waals surface area contributed by atoms with Crippen LogP contribution in [0.1, 0.15) is 89.2 Å². The highest BCUT2D eigenvalue weighted by Gasteiger charge is 2.46. The standard InChI is InChI=1S/C22H33F2NO2/c1-21(2)12-15(13-22(3,4)25(21)26)18-11-10-17(19(23)20(18)24)14-6-8-16(27-5)9-7-14/h10-11,14-16,26H,6-9,12-13H2,1-5H3. The summed E-state index contributed by atoms with van der Waals surface area (Å²) in [7, 11) is 1.71. The number of hydroxylamine groups is 2. The maximum atomic E-state index is 15.1. The predicted molar refractivity (Wildman–Crippen MR) is 102 cm³/mol. The van der Waals surface area contributed by atoms with Crippen molar-refractivity contribution in [3.05, 3.63) is 34.9 Å². The molecule has 0 bridgehead atoms. The minimum absolute atomic E-state index is 0.0621. The van der Waals surface area contributed by atoms with E-state index in [1.165, 1.54) is 5.06 Å². The van der Waals surface area contributed by atoms with Gasteiger partial charge in [0, 0.05) is 18.2 Å². The summed E-state index contributed by atoms with van der Waals surface area (Å²) in [5.41, 5.74) is -0.0426. The van der Waals surface area contributed by atoms with Crippen molar-refractivity contribution in [1.82, 2.24) is 5.06 Å². The van der Waals surface area contributed by atoms with Gasteiger partial charge in [0.25, 0.3) is 0 Å². The summed E-state index contributed by atoms with van der Waals surface area (Å²) in [4.78, 5) is 0. The first-order valence-electron chi connectivity index (χ1n) is 10.1. The van der Waals surface area contributed by atoms with Gasteiger partial charge >= 0.3 is 0 Å². The number of piperidine rings is 1. The highest BCUT2D eigenvalue weighted by molar-refractivity contribution is 5.32. The van der Waals surface area contributed by atoms with E-state index in [-0.39, 0.29) is 17.9 Å². The van der Waals surface area contributed by atoms with Crippen molar-refractivity contribution in [2.24, 2.45) is 0 Å². The molecule has 0 radical (unpaired) electrons. The molecule has 2 fully saturated rings. The first-order valence-corrected chi connectivity index (χ1v) is 10.1. The van der Waals surface area contributed by atoms with Gasteiger partial charge in [0.15, 0.2) is 11.6 Å². The number of benzene rings is 1. The maximum absolute atomic E-state index is 15.1. The Morgan fingerprint density at radius 3 is 1.78 bits per heavy atom. The van der Waals surface area contributed by atoms with E-state index in [0.717, 1.165) is 25.7 Å². The van der Waals surface area contributed by atoms with E-state index in [2.05, 4.69) is 0 Å². The molecular weight excluding hydrogens is 348 g/mol. The normalized spacial score (nSPS) is 29.0. The lowest BCUT2D eigenvalue weighted by atomic mass is 9.72. The van der Waals surface area contributed by atoms with E-state index in [1.807, 2.05) is 27.7 Å². The minimum atomic E-state index is -0.704. The molecule has 0 spiro atoms. The summed E-state index contributed by atoms with van der Waals surface area (Å²) in [6.07, 6.45) is 4.85. The van der Waals surface area contributed by atoms with Crippen molar-refractivity contribution in [3.8, 4) is 0 Å². The van der Waals surface area contributed by atoms with E-state index in [1.54, 1.807) is 19.2 Å². The second-order valence-corrected chi connectivity index (χ2v) is 9.62. The van der Waals surface area contributed by atoms with Gasteiger partial charge in [0.05, 0.1) is 6.10 Å². The second kappa shape index (κ2) is 7.41. The van der Waals surface area contributed by atoms with E-state index in [9.17, 15) is 9.60 Å². The number of ether oxygens (including phenoxy) is 1. The van der Waals surface area contributed by atoms with Crippen LogP contribution < -0.4 is 0 Å². The van der Waals surface area contributed by atoms with Crippen LogP contribution in [0, 0.1) is 11.6 Å². The number of rotatable bonds is 3. The third-order valence-electron chi connectivity index (χ3n) is 6.67. The van der Waals surface area contributed by atoms with Crippen molar-refractivity contribution >= 4 is 0 Å². The van der Waals surface area contributed by atoms with Gasteiger partial charge in [0.2, 0.25) is 0 Å². The Morgan fingerprint density at radius 2 is 1.33 bits per heavy atom. The quantitative estimate of drug-likeness (QED) is 0.722. The molecule has 5 heteroatoms. The monoisotopic (exact) mass is 381 g/mol. The van der Waals surface area contributed by atoms with Gasteiger partial charge in [-0.1, -0.05) is 12.1 Å². The molecule has 1 aliphatic heterocycles. The molecule has 1 aliphatic carbocycles. The van der Waals surface area contributed by atoms with Gasteiger partial charge in [-0.15, -0.1) is 0 Å². The molecule has 2 aliphatic rings. The Balaban J connectivity index is 1.85. The number of methoxy groups -OCH3 is 1. The Labute approximate surface area is 161 Å². The van der Waals surface area contributed by atoms with Crippen LogP contribution in [0.15, 0.2) is 12.1 Å². The average Bonchev–Trinajstić information content (AvgIpc) is 2.61. The van der Waals surface area contributed by atoms with E-state index in [4.69, 9.17) is 4.74 Å².